The van der Waals surface area contributed by atoms with Gasteiger partial charge in [0.25, 0.3) is 0 Å². The van der Waals surface area contributed by atoms with Crippen molar-refractivity contribution in [1.29, 1.82) is 0 Å². The average molecular weight is 221 g/mol. The standard InChI is InChI=1S/C13H19NS/c1-9-7-14(2)8-11(9)13-6-5-12(15-13)10-3-4-10/h5-6,9-11H,3-4,7-8H2,1-2H3. The summed E-state index contributed by atoms with van der Waals surface area (Å²) in [6.07, 6.45) is 2.86. The molecule has 1 aliphatic heterocycles. The van der Waals surface area contributed by atoms with E-state index in [0.29, 0.717) is 0 Å². The molecule has 15 heavy (non-hydrogen) atoms. The average Bonchev–Trinajstić information content (AvgIpc) is 2.83. The highest BCUT2D eigenvalue weighted by Gasteiger charge is 2.31. The molecule has 2 atom stereocenters. The number of hydrogen-bond donors (Lipinski definition) is 0. The second-order valence-corrected chi connectivity index (χ2v) is 6.47. The fraction of sp³-hybridized carbons (Fsp3) is 0.692. The zero-order valence-corrected chi connectivity index (χ0v) is 10.4. The summed E-state index contributed by atoms with van der Waals surface area (Å²) in [7, 11) is 2.24. The number of rotatable bonds is 2. The van der Waals surface area contributed by atoms with Crippen molar-refractivity contribution in [2.75, 3.05) is 20.1 Å². The van der Waals surface area contributed by atoms with Gasteiger partial charge in [-0.05, 0) is 43.9 Å². The van der Waals surface area contributed by atoms with Crippen LogP contribution < -0.4 is 0 Å². The van der Waals surface area contributed by atoms with E-state index in [2.05, 4.69) is 42.3 Å². The van der Waals surface area contributed by atoms with Crippen LogP contribution in [0.15, 0.2) is 12.1 Å². The summed E-state index contributed by atoms with van der Waals surface area (Å²) >= 11 is 2.08. The van der Waals surface area contributed by atoms with Gasteiger partial charge in [0, 0.05) is 28.8 Å². The van der Waals surface area contributed by atoms with E-state index in [-0.39, 0.29) is 0 Å². The summed E-state index contributed by atoms with van der Waals surface area (Å²) in [5, 5.41) is 0. The molecule has 82 valence electrons. The largest absolute Gasteiger partial charge is 0.305 e. The van der Waals surface area contributed by atoms with Gasteiger partial charge in [-0.1, -0.05) is 6.92 Å². The lowest BCUT2D eigenvalue weighted by Crippen LogP contribution is -2.13. The lowest BCUT2D eigenvalue weighted by atomic mass is 9.97. The number of nitrogens with zero attached hydrogens (tertiary/aromatic N) is 1. The molecule has 0 N–H and O–H groups in total. The van der Waals surface area contributed by atoms with Crippen LogP contribution in [-0.4, -0.2) is 25.0 Å². The molecule has 1 nitrogen and oxygen atoms in total. The molecule has 1 aromatic heterocycles. The number of thiophene rings is 1. The van der Waals surface area contributed by atoms with E-state index in [1.807, 2.05) is 0 Å². The zero-order chi connectivity index (χ0) is 10.4. The van der Waals surface area contributed by atoms with Gasteiger partial charge in [-0.3, -0.25) is 0 Å². The van der Waals surface area contributed by atoms with E-state index in [0.717, 1.165) is 17.8 Å². The van der Waals surface area contributed by atoms with Gasteiger partial charge in [-0.15, -0.1) is 11.3 Å². The van der Waals surface area contributed by atoms with Crippen LogP contribution in [0.1, 0.15) is 41.4 Å². The van der Waals surface area contributed by atoms with Crippen LogP contribution in [-0.2, 0) is 0 Å². The smallest absolute Gasteiger partial charge is 0.00980 e. The number of hydrogen-bond acceptors (Lipinski definition) is 2. The van der Waals surface area contributed by atoms with Crippen molar-refractivity contribution < 1.29 is 0 Å². The fourth-order valence-corrected chi connectivity index (χ4v) is 4.14. The Morgan fingerprint density at radius 3 is 2.53 bits per heavy atom. The Balaban J connectivity index is 1.79. The second kappa shape index (κ2) is 3.60. The van der Waals surface area contributed by atoms with Gasteiger partial charge >= 0.3 is 0 Å². The van der Waals surface area contributed by atoms with Crippen LogP contribution in [0.25, 0.3) is 0 Å². The normalized spacial score (nSPS) is 32.4. The Morgan fingerprint density at radius 1 is 1.20 bits per heavy atom. The molecule has 0 radical (unpaired) electrons. The van der Waals surface area contributed by atoms with Gasteiger partial charge in [-0.2, -0.15) is 0 Å². The molecule has 2 unspecified atom stereocenters. The fourth-order valence-electron chi connectivity index (χ4n) is 2.73. The lowest BCUT2D eigenvalue weighted by Gasteiger charge is -2.11. The SMILES string of the molecule is CC1CN(C)CC1c1ccc(C2CC2)s1. The van der Waals surface area contributed by atoms with Crippen LogP contribution in [0.3, 0.4) is 0 Å². The Labute approximate surface area is 96.1 Å². The quantitative estimate of drug-likeness (QED) is 0.740. The van der Waals surface area contributed by atoms with Crippen molar-refractivity contribution in [1.82, 2.24) is 4.90 Å². The monoisotopic (exact) mass is 221 g/mol. The minimum Gasteiger partial charge on any atom is -0.305 e. The van der Waals surface area contributed by atoms with E-state index in [9.17, 15) is 0 Å². The van der Waals surface area contributed by atoms with Gasteiger partial charge < -0.3 is 4.90 Å². The number of likely N-dealkylation sites (tertiary alicyclic amines) is 1. The van der Waals surface area contributed by atoms with Crippen LogP contribution in [0.5, 0.6) is 0 Å². The summed E-state index contributed by atoms with van der Waals surface area (Å²) in [4.78, 5) is 5.74. The van der Waals surface area contributed by atoms with Crippen LogP contribution in [0.4, 0.5) is 0 Å². The van der Waals surface area contributed by atoms with E-state index < -0.39 is 0 Å². The molecular formula is C13H19NS. The predicted octanol–water partition coefficient (Wildman–Crippen LogP) is 3.29. The molecule has 3 rings (SSSR count). The molecule has 1 saturated carbocycles. The third-order valence-electron chi connectivity index (χ3n) is 3.79. The van der Waals surface area contributed by atoms with Crippen molar-refractivity contribution >= 4 is 11.3 Å². The lowest BCUT2D eigenvalue weighted by molar-refractivity contribution is 0.401. The zero-order valence-electron chi connectivity index (χ0n) is 9.57. The summed E-state index contributed by atoms with van der Waals surface area (Å²) in [6, 6.07) is 4.77. The highest BCUT2D eigenvalue weighted by atomic mass is 32.1. The predicted molar refractivity (Wildman–Crippen MR) is 65.7 cm³/mol. The van der Waals surface area contributed by atoms with Crippen molar-refractivity contribution in [3.8, 4) is 0 Å². The molecule has 0 aromatic carbocycles. The highest BCUT2D eigenvalue weighted by Crippen LogP contribution is 2.45. The first-order valence-electron chi connectivity index (χ1n) is 6.02. The van der Waals surface area contributed by atoms with Crippen LogP contribution in [0, 0.1) is 5.92 Å². The van der Waals surface area contributed by atoms with Gasteiger partial charge in [0.2, 0.25) is 0 Å². The molecule has 2 aliphatic rings. The maximum absolute atomic E-state index is 2.46. The third-order valence-corrected chi connectivity index (χ3v) is 5.17. The van der Waals surface area contributed by atoms with Crippen molar-refractivity contribution in [2.24, 2.45) is 5.92 Å². The van der Waals surface area contributed by atoms with Gasteiger partial charge in [0.05, 0.1) is 0 Å². The summed E-state index contributed by atoms with van der Waals surface area (Å²) < 4.78 is 0. The molecule has 2 heteroatoms. The Hall–Kier alpha value is -0.340. The van der Waals surface area contributed by atoms with Gasteiger partial charge in [0.1, 0.15) is 0 Å². The van der Waals surface area contributed by atoms with Crippen molar-refractivity contribution in [3.63, 3.8) is 0 Å². The summed E-state index contributed by atoms with van der Waals surface area (Å²) in [6.45, 7) is 4.91. The van der Waals surface area contributed by atoms with Gasteiger partial charge in [0.15, 0.2) is 0 Å². The Kier molecular flexibility index (Phi) is 2.37. The van der Waals surface area contributed by atoms with E-state index in [1.54, 1.807) is 9.75 Å². The first-order chi connectivity index (χ1) is 7.24. The van der Waals surface area contributed by atoms with Crippen LogP contribution in [0.2, 0.25) is 0 Å². The molecular weight excluding hydrogens is 202 g/mol. The van der Waals surface area contributed by atoms with E-state index in [4.69, 9.17) is 0 Å². The van der Waals surface area contributed by atoms with E-state index >= 15 is 0 Å². The molecule has 2 heterocycles. The topological polar surface area (TPSA) is 3.24 Å². The molecule has 1 aromatic rings. The molecule has 1 aliphatic carbocycles. The molecule has 1 saturated heterocycles. The Bertz CT molecular complexity index is 353. The van der Waals surface area contributed by atoms with Crippen molar-refractivity contribution in [2.45, 2.75) is 31.6 Å². The molecule has 0 spiro atoms. The highest BCUT2D eigenvalue weighted by molar-refractivity contribution is 7.12. The minimum absolute atomic E-state index is 0.799. The van der Waals surface area contributed by atoms with E-state index in [1.165, 1.54) is 25.9 Å². The molecule has 2 fully saturated rings. The first kappa shape index (κ1) is 9.86. The summed E-state index contributed by atoms with van der Waals surface area (Å²) in [5.74, 6) is 2.56. The maximum Gasteiger partial charge on any atom is 0.00980 e. The molecule has 0 bridgehead atoms. The first-order valence-corrected chi connectivity index (χ1v) is 6.84. The maximum atomic E-state index is 2.46. The van der Waals surface area contributed by atoms with Gasteiger partial charge in [-0.25, -0.2) is 0 Å². The minimum atomic E-state index is 0.799. The number of likely N-dealkylation sites (N-methyl/N-ethyl adjacent to an activating group) is 1. The summed E-state index contributed by atoms with van der Waals surface area (Å²) in [5.41, 5.74) is 0. The Morgan fingerprint density at radius 2 is 1.93 bits per heavy atom. The third kappa shape index (κ3) is 1.85. The molecule has 0 amide bonds. The second-order valence-electron chi connectivity index (χ2n) is 5.32. The van der Waals surface area contributed by atoms with Crippen LogP contribution >= 0.6 is 11.3 Å². The van der Waals surface area contributed by atoms with Crippen molar-refractivity contribution in [3.05, 3.63) is 21.9 Å².